The number of carbonyl (C=O) groups is 1. The molecule has 3 fully saturated rings. The van der Waals surface area contributed by atoms with Crippen molar-refractivity contribution in [2.24, 2.45) is 11.3 Å². The van der Waals surface area contributed by atoms with Crippen LogP contribution in [0.25, 0.3) is 0 Å². The Morgan fingerprint density at radius 1 is 1.19 bits per heavy atom. The van der Waals surface area contributed by atoms with Crippen LogP contribution >= 0.6 is 0 Å². The SMILES string of the molecule is CCN1CC[C@@H]2CC(N3CCOCC3)CC[C@@]2(C(=O)NCCc2ccc(OC)cc2)C1. The lowest BCUT2D eigenvalue weighted by Crippen LogP contribution is -2.61. The average molecular weight is 430 g/mol. The Hall–Kier alpha value is -1.63. The van der Waals surface area contributed by atoms with Gasteiger partial charge < -0.3 is 19.7 Å². The summed E-state index contributed by atoms with van der Waals surface area (Å²) < 4.78 is 10.8. The third-order valence-corrected chi connectivity index (χ3v) is 7.88. The van der Waals surface area contributed by atoms with Gasteiger partial charge in [-0.05, 0) is 68.8 Å². The van der Waals surface area contributed by atoms with Gasteiger partial charge in [-0.25, -0.2) is 0 Å². The molecule has 3 aliphatic rings. The van der Waals surface area contributed by atoms with Crippen LogP contribution in [-0.2, 0) is 16.0 Å². The molecule has 1 amide bonds. The molecular weight excluding hydrogens is 390 g/mol. The van der Waals surface area contributed by atoms with E-state index in [0.717, 1.165) is 83.8 Å². The number of benzene rings is 1. The zero-order valence-electron chi connectivity index (χ0n) is 19.3. The molecular formula is C25H39N3O3. The van der Waals surface area contributed by atoms with E-state index in [2.05, 4.69) is 34.2 Å². The minimum Gasteiger partial charge on any atom is -0.497 e. The van der Waals surface area contributed by atoms with Crippen molar-refractivity contribution in [1.29, 1.82) is 0 Å². The molecule has 0 bridgehead atoms. The molecule has 0 aromatic heterocycles. The van der Waals surface area contributed by atoms with Crippen LogP contribution < -0.4 is 10.1 Å². The van der Waals surface area contributed by atoms with E-state index in [1.54, 1.807) is 7.11 Å². The van der Waals surface area contributed by atoms with E-state index < -0.39 is 0 Å². The summed E-state index contributed by atoms with van der Waals surface area (Å²) >= 11 is 0. The first-order valence-corrected chi connectivity index (χ1v) is 12.1. The van der Waals surface area contributed by atoms with Crippen LogP contribution in [0.4, 0.5) is 0 Å². The number of methoxy groups -OCH3 is 1. The van der Waals surface area contributed by atoms with Gasteiger partial charge in [0.1, 0.15) is 5.75 Å². The number of hydrogen-bond donors (Lipinski definition) is 1. The standard InChI is InChI=1S/C25H39N3O3/c1-3-27-13-10-21-18-22(28-14-16-31-17-15-28)8-11-25(21,19-27)24(29)26-12-9-20-4-6-23(30-2)7-5-20/h4-7,21-22H,3,8-19H2,1-2H3,(H,26,29)/t21-,22?,25-/m1/s1. The fourth-order valence-electron chi connectivity index (χ4n) is 5.92. The summed E-state index contributed by atoms with van der Waals surface area (Å²) in [5.74, 6) is 1.64. The van der Waals surface area contributed by atoms with E-state index in [1.807, 2.05) is 12.1 Å². The Bertz CT molecular complexity index is 719. The van der Waals surface area contributed by atoms with E-state index in [0.29, 0.717) is 18.5 Å². The molecule has 6 heteroatoms. The molecule has 172 valence electrons. The summed E-state index contributed by atoms with van der Waals surface area (Å²) in [5, 5.41) is 3.33. The van der Waals surface area contributed by atoms with Gasteiger partial charge >= 0.3 is 0 Å². The number of nitrogens with one attached hydrogen (secondary N) is 1. The van der Waals surface area contributed by atoms with Crippen molar-refractivity contribution >= 4 is 5.91 Å². The lowest BCUT2D eigenvalue weighted by molar-refractivity contribution is -0.144. The molecule has 2 aliphatic heterocycles. The van der Waals surface area contributed by atoms with Gasteiger partial charge in [0.05, 0.1) is 25.7 Å². The van der Waals surface area contributed by atoms with Crippen LogP contribution in [0.5, 0.6) is 5.75 Å². The van der Waals surface area contributed by atoms with Gasteiger partial charge in [0.15, 0.2) is 0 Å². The van der Waals surface area contributed by atoms with E-state index in [-0.39, 0.29) is 11.3 Å². The van der Waals surface area contributed by atoms with Crippen molar-refractivity contribution in [3.63, 3.8) is 0 Å². The minimum atomic E-state index is -0.225. The third-order valence-electron chi connectivity index (χ3n) is 7.88. The zero-order valence-corrected chi connectivity index (χ0v) is 19.3. The Morgan fingerprint density at radius 2 is 1.97 bits per heavy atom. The van der Waals surface area contributed by atoms with Gasteiger partial charge in [-0.15, -0.1) is 0 Å². The van der Waals surface area contributed by atoms with Gasteiger partial charge in [-0.2, -0.15) is 0 Å². The normalized spacial score (nSPS) is 29.9. The highest BCUT2D eigenvalue weighted by Crippen LogP contribution is 2.47. The number of morpholine rings is 1. The van der Waals surface area contributed by atoms with Crippen molar-refractivity contribution in [1.82, 2.24) is 15.1 Å². The second-order valence-corrected chi connectivity index (χ2v) is 9.44. The first-order chi connectivity index (χ1) is 15.1. The second kappa shape index (κ2) is 10.3. The topological polar surface area (TPSA) is 54.0 Å². The molecule has 1 unspecified atom stereocenters. The predicted octanol–water partition coefficient (Wildman–Crippen LogP) is 2.57. The van der Waals surface area contributed by atoms with Crippen LogP contribution in [0.3, 0.4) is 0 Å². The first-order valence-electron chi connectivity index (χ1n) is 12.1. The quantitative estimate of drug-likeness (QED) is 0.722. The number of piperidine rings is 1. The zero-order chi connectivity index (χ0) is 21.7. The Morgan fingerprint density at radius 3 is 2.68 bits per heavy atom. The Labute approximate surface area is 187 Å². The Balaban J connectivity index is 1.39. The third kappa shape index (κ3) is 5.07. The smallest absolute Gasteiger partial charge is 0.227 e. The molecule has 1 aromatic rings. The number of likely N-dealkylation sites (tertiary alicyclic amines) is 1. The van der Waals surface area contributed by atoms with Gasteiger partial charge in [0, 0.05) is 32.2 Å². The molecule has 0 spiro atoms. The van der Waals surface area contributed by atoms with Crippen LogP contribution in [0, 0.1) is 11.3 Å². The summed E-state index contributed by atoms with van der Waals surface area (Å²) in [7, 11) is 1.68. The summed E-state index contributed by atoms with van der Waals surface area (Å²) in [6.07, 6.45) is 5.28. The van der Waals surface area contributed by atoms with E-state index >= 15 is 0 Å². The van der Waals surface area contributed by atoms with Gasteiger partial charge in [0.2, 0.25) is 5.91 Å². The number of fused-ring (bicyclic) bond motifs is 1. The van der Waals surface area contributed by atoms with Gasteiger partial charge in [0.25, 0.3) is 0 Å². The summed E-state index contributed by atoms with van der Waals surface area (Å²) in [6.45, 7) is 9.76. The molecule has 4 rings (SSSR count). The summed E-state index contributed by atoms with van der Waals surface area (Å²) in [5.41, 5.74) is 1.00. The molecule has 2 heterocycles. The van der Waals surface area contributed by atoms with E-state index in [1.165, 1.54) is 5.56 Å². The maximum absolute atomic E-state index is 13.6. The molecule has 1 aliphatic carbocycles. The van der Waals surface area contributed by atoms with Crippen LogP contribution in [0.1, 0.15) is 38.2 Å². The number of ether oxygens (including phenoxy) is 2. The molecule has 0 radical (unpaired) electrons. The molecule has 1 N–H and O–H groups in total. The highest BCUT2D eigenvalue weighted by atomic mass is 16.5. The minimum absolute atomic E-state index is 0.225. The van der Waals surface area contributed by atoms with Crippen molar-refractivity contribution in [2.75, 3.05) is 59.6 Å². The van der Waals surface area contributed by atoms with E-state index in [4.69, 9.17) is 9.47 Å². The van der Waals surface area contributed by atoms with Crippen LogP contribution in [-0.4, -0.2) is 81.3 Å². The summed E-state index contributed by atoms with van der Waals surface area (Å²) in [4.78, 5) is 18.7. The Kier molecular flexibility index (Phi) is 7.51. The molecule has 1 aromatic carbocycles. The van der Waals surface area contributed by atoms with Crippen molar-refractivity contribution in [3.05, 3.63) is 29.8 Å². The van der Waals surface area contributed by atoms with Gasteiger partial charge in [-0.3, -0.25) is 9.69 Å². The molecule has 6 nitrogen and oxygen atoms in total. The molecule has 31 heavy (non-hydrogen) atoms. The maximum Gasteiger partial charge on any atom is 0.227 e. The molecule has 2 saturated heterocycles. The number of nitrogens with zero attached hydrogens (tertiary/aromatic N) is 2. The number of amides is 1. The van der Waals surface area contributed by atoms with E-state index in [9.17, 15) is 4.79 Å². The molecule has 3 atom stereocenters. The highest BCUT2D eigenvalue weighted by Gasteiger charge is 2.52. The van der Waals surface area contributed by atoms with Crippen molar-refractivity contribution in [3.8, 4) is 5.75 Å². The lowest BCUT2D eigenvalue weighted by Gasteiger charge is -2.53. The summed E-state index contributed by atoms with van der Waals surface area (Å²) in [6, 6.07) is 8.75. The fourth-order valence-corrected chi connectivity index (χ4v) is 5.92. The first kappa shape index (κ1) is 22.6. The number of hydrogen-bond acceptors (Lipinski definition) is 5. The van der Waals surface area contributed by atoms with Crippen LogP contribution in [0.2, 0.25) is 0 Å². The maximum atomic E-state index is 13.6. The number of rotatable bonds is 7. The van der Waals surface area contributed by atoms with Crippen molar-refractivity contribution in [2.45, 2.75) is 45.1 Å². The monoisotopic (exact) mass is 429 g/mol. The highest BCUT2D eigenvalue weighted by molar-refractivity contribution is 5.83. The lowest BCUT2D eigenvalue weighted by atomic mass is 9.61. The van der Waals surface area contributed by atoms with Crippen LogP contribution in [0.15, 0.2) is 24.3 Å². The predicted molar refractivity (Wildman–Crippen MR) is 122 cm³/mol. The number of carbonyl (C=O) groups excluding carboxylic acids is 1. The average Bonchev–Trinajstić information content (AvgIpc) is 2.84. The second-order valence-electron chi connectivity index (χ2n) is 9.44. The molecule has 1 saturated carbocycles. The fraction of sp³-hybridized carbons (Fsp3) is 0.720. The van der Waals surface area contributed by atoms with Crippen molar-refractivity contribution < 1.29 is 14.3 Å². The van der Waals surface area contributed by atoms with Gasteiger partial charge in [-0.1, -0.05) is 19.1 Å². The largest absolute Gasteiger partial charge is 0.497 e.